The van der Waals surface area contributed by atoms with Gasteiger partial charge in [0.2, 0.25) is 0 Å². The number of aromatic amines is 1. The molecule has 10 nitrogen and oxygen atoms in total. The second-order valence-corrected chi connectivity index (χ2v) is 13.5. The van der Waals surface area contributed by atoms with Crippen molar-refractivity contribution in [2.75, 3.05) is 19.0 Å². The number of phenols is 1. The number of anilines is 1. The van der Waals surface area contributed by atoms with Crippen LogP contribution in [0.5, 0.6) is 11.5 Å². The first-order valence-corrected chi connectivity index (χ1v) is 17.6. The van der Waals surface area contributed by atoms with E-state index in [-0.39, 0.29) is 31.0 Å². The van der Waals surface area contributed by atoms with Crippen LogP contribution in [0.1, 0.15) is 80.7 Å². The van der Waals surface area contributed by atoms with Crippen LogP contribution in [-0.2, 0) is 33.8 Å². The minimum absolute atomic E-state index is 0.00541. The lowest BCUT2D eigenvalue weighted by molar-refractivity contribution is -0.148. The number of Topliss-reactive ketones (excluding diaryl/α,β-unsaturated/α-hetero) is 1. The molecular formula is C40H48N4O6. The average Bonchev–Trinajstić information content (AvgIpc) is 3.75. The molecule has 6 rings (SSSR count). The minimum Gasteiger partial charge on any atom is -0.504 e. The second-order valence-electron chi connectivity index (χ2n) is 13.5. The number of dihydropyridines is 1. The number of nitrogens with zero attached hydrogens (tertiary/aromatic N) is 1. The normalized spacial score (nSPS) is 20.5. The first-order valence-electron chi connectivity index (χ1n) is 17.6. The van der Waals surface area contributed by atoms with Crippen molar-refractivity contribution in [1.29, 1.82) is 0 Å². The Kier molecular flexibility index (Phi) is 11.0. The summed E-state index contributed by atoms with van der Waals surface area (Å²) in [6.45, 7) is 4.15. The number of allylic oxidation sites excluding steroid dienone is 2. The van der Waals surface area contributed by atoms with Crippen molar-refractivity contribution in [1.82, 2.24) is 14.9 Å². The maximum absolute atomic E-state index is 14.0. The molecule has 0 fully saturated rings. The number of rotatable bonds is 5. The molecule has 264 valence electrons. The van der Waals surface area contributed by atoms with Gasteiger partial charge >= 0.3 is 5.97 Å². The van der Waals surface area contributed by atoms with E-state index < -0.39 is 18.1 Å². The number of fused-ring (bicyclic) bond motifs is 3. The summed E-state index contributed by atoms with van der Waals surface area (Å²) in [5, 5.41) is 29.5. The molecule has 0 aliphatic carbocycles. The van der Waals surface area contributed by atoms with Crippen LogP contribution in [0.25, 0.3) is 10.8 Å². The Morgan fingerprint density at radius 2 is 1.84 bits per heavy atom. The number of phenolic OH excluding ortho intramolecular Hbond substituents is 1. The van der Waals surface area contributed by atoms with E-state index in [0.29, 0.717) is 24.6 Å². The molecule has 2 aromatic carbocycles. The van der Waals surface area contributed by atoms with Gasteiger partial charge < -0.3 is 39.9 Å². The van der Waals surface area contributed by atoms with Gasteiger partial charge in [-0.3, -0.25) is 9.59 Å². The highest BCUT2D eigenvalue weighted by molar-refractivity contribution is 5.97. The number of H-pyrrole nitrogens is 1. The van der Waals surface area contributed by atoms with Gasteiger partial charge in [0.05, 0.1) is 19.8 Å². The van der Waals surface area contributed by atoms with E-state index in [2.05, 4.69) is 47.1 Å². The van der Waals surface area contributed by atoms with Gasteiger partial charge in [0.25, 0.3) is 0 Å². The van der Waals surface area contributed by atoms with E-state index in [1.807, 2.05) is 29.1 Å². The highest BCUT2D eigenvalue weighted by Gasteiger charge is 2.26. The van der Waals surface area contributed by atoms with Gasteiger partial charge in [0, 0.05) is 67.6 Å². The number of aromatic nitrogens is 2. The zero-order chi connectivity index (χ0) is 35.2. The van der Waals surface area contributed by atoms with Crippen molar-refractivity contribution in [2.24, 2.45) is 5.92 Å². The van der Waals surface area contributed by atoms with Crippen molar-refractivity contribution >= 4 is 28.2 Å². The molecular weight excluding hydrogens is 632 g/mol. The Labute approximate surface area is 293 Å². The number of aromatic hydroxyl groups is 1. The smallest absolute Gasteiger partial charge is 0.302 e. The highest BCUT2D eigenvalue weighted by atomic mass is 16.5. The number of aliphatic hydroxyl groups is 1. The standard InChI is InChI=1S/C40H48N4O6/c1-4-26-6-10-33(50-25(2)46)18-32(47)19-37(28-9-12-38(48)39(17-28)49-3)44-22-34-30(24-45)8-11-36(35(34)23-44)43-40-16-27(13-14-42-40)5-7-29-20-41-21-31(29)15-26/h8-9,11-13,16-17,20-23,26,33,37,41-43,45,48H,4-7,10,14-15,18-19,24H2,1-3H3. The van der Waals surface area contributed by atoms with Gasteiger partial charge in [-0.05, 0) is 90.1 Å². The van der Waals surface area contributed by atoms with Gasteiger partial charge in [-0.25, -0.2) is 0 Å². The number of ether oxygens (including phenoxy) is 2. The summed E-state index contributed by atoms with van der Waals surface area (Å²) >= 11 is 0. The zero-order valence-electron chi connectivity index (χ0n) is 29.1. The molecule has 3 unspecified atom stereocenters. The molecule has 4 aromatic rings. The van der Waals surface area contributed by atoms with E-state index >= 15 is 0 Å². The van der Waals surface area contributed by atoms with E-state index in [1.165, 1.54) is 30.7 Å². The van der Waals surface area contributed by atoms with Crippen molar-refractivity contribution in [3.8, 4) is 11.5 Å². The first-order chi connectivity index (χ1) is 24.2. The van der Waals surface area contributed by atoms with Crippen molar-refractivity contribution in [2.45, 2.75) is 84.0 Å². The Morgan fingerprint density at radius 3 is 2.62 bits per heavy atom. The fourth-order valence-corrected chi connectivity index (χ4v) is 7.32. The van der Waals surface area contributed by atoms with Crippen LogP contribution >= 0.6 is 0 Å². The third-order valence-corrected chi connectivity index (χ3v) is 10.1. The van der Waals surface area contributed by atoms with Gasteiger partial charge in [0.1, 0.15) is 17.7 Å². The quantitative estimate of drug-likeness (QED) is 0.145. The van der Waals surface area contributed by atoms with E-state index in [9.17, 15) is 19.8 Å². The zero-order valence-corrected chi connectivity index (χ0v) is 29.1. The molecule has 0 amide bonds. The van der Waals surface area contributed by atoms with Crippen molar-refractivity contribution < 1.29 is 29.3 Å². The van der Waals surface area contributed by atoms with Crippen LogP contribution in [0.3, 0.4) is 0 Å². The Hall–Kier alpha value is -4.96. The van der Waals surface area contributed by atoms with E-state index in [0.717, 1.165) is 65.5 Å². The predicted molar refractivity (Wildman–Crippen MR) is 194 cm³/mol. The number of hydrogen-bond donors (Lipinski definition) is 5. The van der Waals surface area contributed by atoms with Crippen LogP contribution < -0.4 is 15.4 Å². The number of aryl methyl sites for hydroxylation is 1. The monoisotopic (exact) mass is 680 g/mol. The third kappa shape index (κ3) is 8.08. The number of benzene rings is 2. The van der Waals surface area contributed by atoms with E-state index in [1.54, 1.807) is 18.2 Å². The van der Waals surface area contributed by atoms with E-state index in [4.69, 9.17) is 9.47 Å². The molecule has 4 bridgehead atoms. The SMILES string of the molecule is CCC1CCC(OC(C)=O)CC(=O)CC(c2ccc(O)c(OC)c2)n2cc3c(CO)ccc(c3c2)NC2=CC(=CCN2)CCc2c[nH]cc2C1. The lowest BCUT2D eigenvalue weighted by atomic mass is 9.89. The molecule has 2 aliphatic heterocycles. The van der Waals surface area contributed by atoms with Crippen LogP contribution in [0.4, 0.5) is 5.69 Å². The number of carbonyl (C=O) groups is 2. The van der Waals surface area contributed by atoms with Crippen LogP contribution in [0, 0.1) is 5.92 Å². The number of methoxy groups -OCH3 is 1. The lowest BCUT2D eigenvalue weighted by Gasteiger charge is -2.23. The third-order valence-electron chi connectivity index (χ3n) is 10.1. The molecule has 0 saturated heterocycles. The maximum atomic E-state index is 14.0. The van der Waals surface area contributed by atoms with Crippen molar-refractivity contribution in [3.05, 3.63) is 101 Å². The Bertz CT molecular complexity index is 1900. The number of hydrogen-bond acceptors (Lipinski definition) is 8. The Morgan fingerprint density at radius 1 is 1.02 bits per heavy atom. The van der Waals surface area contributed by atoms with Crippen LogP contribution in [-0.4, -0.2) is 51.3 Å². The van der Waals surface area contributed by atoms with Gasteiger partial charge in [-0.2, -0.15) is 0 Å². The molecule has 50 heavy (non-hydrogen) atoms. The topological polar surface area (TPSA) is 138 Å². The first kappa shape index (κ1) is 34.9. The number of ketones is 1. The summed E-state index contributed by atoms with van der Waals surface area (Å²) in [5.74, 6) is 1.14. The maximum Gasteiger partial charge on any atom is 0.302 e. The fraction of sp³-hybridized carbons (Fsp3) is 0.400. The fourth-order valence-electron chi connectivity index (χ4n) is 7.32. The lowest BCUT2D eigenvalue weighted by Crippen LogP contribution is -2.24. The summed E-state index contributed by atoms with van der Waals surface area (Å²) in [5.41, 5.74) is 6.27. The van der Waals surface area contributed by atoms with Gasteiger partial charge in [-0.15, -0.1) is 0 Å². The molecule has 3 atom stereocenters. The molecule has 0 spiro atoms. The summed E-state index contributed by atoms with van der Waals surface area (Å²) < 4.78 is 13.2. The number of aliphatic hydroxyl groups excluding tert-OH is 1. The molecule has 10 heteroatoms. The molecule has 4 heterocycles. The highest BCUT2D eigenvalue weighted by Crippen LogP contribution is 2.36. The van der Waals surface area contributed by atoms with Gasteiger partial charge in [0.15, 0.2) is 11.5 Å². The molecule has 5 N–H and O–H groups in total. The number of esters is 1. The number of nitrogens with one attached hydrogen (secondary N) is 3. The van der Waals surface area contributed by atoms with Crippen LogP contribution in [0.2, 0.25) is 0 Å². The van der Waals surface area contributed by atoms with Crippen molar-refractivity contribution in [3.63, 3.8) is 0 Å². The Balaban J connectivity index is 1.43. The molecule has 0 saturated carbocycles. The van der Waals surface area contributed by atoms with Gasteiger partial charge in [-0.1, -0.05) is 31.6 Å². The molecule has 0 radical (unpaired) electrons. The second kappa shape index (κ2) is 15.7. The predicted octanol–water partition coefficient (Wildman–Crippen LogP) is 6.82. The summed E-state index contributed by atoms with van der Waals surface area (Å²) in [4.78, 5) is 29.5. The minimum atomic E-state index is -0.532. The molecule has 2 aliphatic rings. The molecule has 2 aromatic heterocycles. The van der Waals surface area contributed by atoms with Crippen LogP contribution in [0.15, 0.2) is 78.7 Å². The summed E-state index contributed by atoms with van der Waals surface area (Å²) in [6, 6.07) is 8.54. The summed E-state index contributed by atoms with van der Waals surface area (Å²) in [7, 11) is 1.49. The average molecular weight is 681 g/mol. The summed E-state index contributed by atoms with van der Waals surface area (Å²) in [6.07, 6.45) is 17.4. The largest absolute Gasteiger partial charge is 0.504 e. The number of carbonyl (C=O) groups excluding carboxylic acids is 2.